The van der Waals surface area contributed by atoms with Gasteiger partial charge in [0.2, 0.25) is 0 Å². The highest BCUT2D eigenvalue weighted by Crippen LogP contribution is 2.22. The van der Waals surface area contributed by atoms with Gasteiger partial charge < -0.3 is 10.2 Å². The van der Waals surface area contributed by atoms with Crippen molar-refractivity contribution < 1.29 is 4.79 Å². The fourth-order valence-corrected chi connectivity index (χ4v) is 3.84. The Labute approximate surface area is 141 Å². The van der Waals surface area contributed by atoms with E-state index in [4.69, 9.17) is 0 Å². The normalized spacial score (nSPS) is 17.9. The lowest BCUT2D eigenvalue weighted by atomic mass is 9.98. The molecular weight excluding hydrogens is 306 g/mol. The van der Waals surface area contributed by atoms with Crippen LogP contribution < -0.4 is 5.32 Å². The first-order valence-electron chi connectivity index (χ1n) is 8.28. The number of thiophene rings is 1. The van der Waals surface area contributed by atoms with Crippen molar-refractivity contribution >= 4 is 17.4 Å². The van der Waals surface area contributed by atoms with Gasteiger partial charge in [-0.2, -0.15) is 0 Å². The number of piperidine rings is 1. The van der Waals surface area contributed by atoms with Crippen LogP contribution in [-0.4, -0.2) is 28.5 Å². The average molecular weight is 329 g/mol. The maximum Gasteiger partial charge on any atom is 0.317 e. The zero-order valence-corrected chi connectivity index (χ0v) is 14.1. The third-order valence-corrected chi connectivity index (χ3v) is 5.29. The van der Waals surface area contributed by atoms with Gasteiger partial charge in [-0.05, 0) is 55.2 Å². The molecule has 2 aromatic heterocycles. The Balaban J connectivity index is 1.53. The first-order chi connectivity index (χ1) is 11.3. The zero-order valence-electron chi connectivity index (χ0n) is 13.3. The molecule has 1 saturated heterocycles. The average Bonchev–Trinajstić information content (AvgIpc) is 3.12. The fraction of sp³-hybridized carbons (Fsp3) is 0.444. The van der Waals surface area contributed by atoms with E-state index in [2.05, 4.69) is 27.8 Å². The Kier molecular flexibility index (Phi) is 5.64. The molecular formula is C18H23N3OS. The first kappa shape index (κ1) is 16.0. The highest BCUT2D eigenvalue weighted by Gasteiger charge is 2.26. The minimum Gasteiger partial charge on any atom is -0.334 e. The van der Waals surface area contributed by atoms with E-state index in [-0.39, 0.29) is 6.03 Å². The zero-order chi connectivity index (χ0) is 15.9. The second-order valence-corrected chi connectivity index (χ2v) is 7.01. The van der Waals surface area contributed by atoms with Crippen molar-refractivity contribution in [2.45, 2.75) is 44.7 Å². The number of urea groups is 1. The van der Waals surface area contributed by atoms with Crippen LogP contribution in [0.4, 0.5) is 4.79 Å². The molecule has 0 radical (unpaired) electrons. The van der Waals surface area contributed by atoms with Gasteiger partial charge in [0.1, 0.15) is 0 Å². The van der Waals surface area contributed by atoms with E-state index < -0.39 is 0 Å². The second kappa shape index (κ2) is 8.11. The molecule has 122 valence electrons. The Morgan fingerprint density at radius 1 is 1.35 bits per heavy atom. The largest absolute Gasteiger partial charge is 0.334 e. The van der Waals surface area contributed by atoms with Crippen molar-refractivity contribution in [3.8, 4) is 0 Å². The molecule has 0 saturated carbocycles. The van der Waals surface area contributed by atoms with E-state index in [0.717, 1.165) is 37.8 Å². The van der Waals surface area contributed by atoms with Crippen LogP contribution in [0.25, 0.3) is 0 Å². The number of nitrogens with zero attached hydrogens (tertiary/aromatic N) is 2. The minimum absolute atomic E-state index is 0.0599. The molecule has 2 amide bonds. The van der Waals surface area contributed by atoms with Gasteiger partial charge in [-0.25, -0.2) is 4.79 Å². The summed E-state index contributed by atoms with van der Waals surface area (Å²) in [4.78, 5) is 20.1. The van der Waals surface area contributed by atoms with Crippen LogP contribution in [0, 0.1) is 0 Å². The molecule has 0 spiro atoms. The molecule has 0 aromatic carbocycles. The number of nitrogens with one attached hydrogen (secondary N) is 1. The standard InChI is InChI=1S/C18H23N3OS/c22-18(20-14-15-5-3-10-19-13-15)21-11-2-1-6-16(21)8-9-17-7-4-12-23-17/h3-5,7,10,12-13,16H,1-2,6,8-9,11,14H2,(H,20,22)/t16-/m1/s1. The molecule has 0 unspecified atom stereocenters. The SMILES string of the molecule is O=C(NCc1cccnc1)N1CCCC[C@@H]1CCc1cccs1. The Bertz CT molecular complexity index is 600. The molecule has 1 atom stereocenters. The Morgan fingerprint density at radius 2 is 2.30 bits per heavy atom. The lowest BCUT2D eigenvalue weighted by Gasteiger charge is -2.35. The Hall–Kier alpha value is -1.88. The van der Waals surface area contributed by atoms with Crippen LogP contribution in [0.15, 0.2) is 42.0 Å². The van der Waals surface area contributed by atoms with E-state index in [0.29, 0.717) is 12.6 Å². The first-order valence-corrected chi connectivity index (χ1v) is 9.16. The molecule has 1 N–H and O–H groups in total. The third kappa shape index (κ3) is 4.55. The van der Waals surface area contributed by atoms with Crippen molar-refractivity contribution in [3.05, 3.63) is 52.5 Å². The smallest absolute Gasteiger partial charge is 0.317 e. The number of likely N-dealkylation sites (tertiary alicyclic amines) is 1. The van der Waals surface area contributed by atoms with Crippen molar-refractivity contribution in [1.29, 1.82) is 0 Å². The molecule has 3 heterocycles. The molecule has 1 fully saturated rings. The van der Waals surface area contributed by atoms with Crippen LogP contribution in [0.3, 0.4) is 0 Å². The topological polar surface area (TPSA) is 45.2 Å². The highest BCUT2D eigenvalue weighted by molar-refractivity contribution is 7.09. The van der Waals surface area contributed by atoms with E-state index in [9.17, 15) is 4.79 Å². The quantitative estimate of drug-likeness (QED) is 0.906. The van der Waals surface area contributed by atoms with E-state index in [1.54, 1.807) is 23.7 Å². The number of rotatable bonds is 5. The van der Waals surface area contributed by atoms with Gasteiger partial charge in [-0.3, -0.25) is 4.98 Å². The number of amides is 2. The van der Waals surface area contributed by atoms with Crippen molar-refractivity contribution in [3.63, 3.8) is 0 Å². The second-order valence-electron chi connectivity index (χ2n) is 5.98. The molecule has 5 heteroatoms. The number of aryl methyl sites for hydroxylation is 1. The molecule has 4 nitrogen and oxygen atoms in total. The Morgan fingerprint density at radius 3 is 3.09 bits per heavy atom. The monoisotopic (exact) mass is 329 g/mol. The summed E-state index contributed by atoms with van der Waals surface area (Å²) < 4.78 is 0. The molecule has 2 aromatic rings. The number of carbonyl (C=O) groups is 1. The van der Waals surface area contributed by atoms with Crippen molar-refractivity contribution in [2.24, 2.45) is 0 Å². The molecule has 0 bridgehead atoms. The number of aromatic nitrogens is 1. The van der Waals surface area contributed by atoms with Crippen LogP contribution >= 0.6 is 11.3 Å². The summed E-state index contributed by atoms with van der Waals surface area (Å²) in [5.74, 6) is 0. The van der Waals surface area contributed by atoms with Gasteiger partial charge >= 0.3 is 6.03 Å². The van der Waals surface area contributed by atoms with E-state index in [1.807, 2.05) is 17.0 Å². The van der Waals surface area contributed by atoms with Crippen molar-refractivity contribution in [1.82, 2.24) is 15.2 Å². The van der Waals surface area contributed by atoms with Gasteiger partial charge in [0.05, 0.1) is 0 Å². The number of hydrogen-bond donors (Lipinski definition) is 1. The van der Waals surface area contributed by atoms with E-state index in [1.165, 1.54) is 11.3 Å². The highest BCUT2D eigenvalue weighted by atomic mass is 32.1. The van der Waals surface area contributed by atoms with Gasteiger partial charge in [0.15, 0.2) is 0 Å². The molecule has 3 rings (SSSR count). The van der Waals surface area contributed by atoms with Gasteiger partial charge in [-0.15, -0.1) is 11.3 Å². The fourth-order valence-electron chi connectivity index (χ4n) is 3.11. The van der Waals surface area contributed by atoms with Crippen LogP contribution in [-0.2, 0) is 13.0 Å². The summed E-state index contributed by atoms with van der Waals surface area (Å²) in [6, 6.07) is 8.58. The minimum atomic E-state index is 0.0599. The molecule has 0 aliphatic carbocycles. The molecule has 1 aliphatic rings. The number of pyridine rings is 1. The summed E-state index contributed by atoms with van der Waals surface area (Å²) in [5.41, 5.74) is 1.04. The van der Waals surface area contributed by atoms with Crippen LogP contribution in [0.1, 0.15) is 36.1 Å². The molecule has 23 heavy (non-hydrogen) atoms. The van der Waals surface area contributed by atoms with Gasteiger partial charge in [0, 0.05) is 36.4 Å². The summed E-state index contributed by atoms with van der Waals surface area (Å²) in [6.45, 7) is 1.41. The summed E-state index contributed by atoms with van der Waals surface area (Å²) >= 11 is 1.80. The predicted octanol–water partition coefficient (Wildman–Crippen LogP) is 3.84. The predicted molar refractivity (Wildman–Crippen MR) is 93.5 cm³/mol. The van der Waals surface area contributed by atoms with Gasteiger partial charge in [0.25, 0.3) is 0 Å². The van der Waals surface area contributed by atoms with Gasteiger partial charge in [-0.1, -0.05) is 12.1 Å². The lowest BCUT2D eigenvalue weighted by molar-refractivity contribution is 0.146. The summed E-state index contributed by atoms with van der Waals surface area (Å²) in [6.07, 6.45) is 9.11. The van der Waals surface area contributed by atoms with Crippen molar-refractivity contribution in [2.75, 3.05) is 6.54 Å². The van der Waals surface area contributed by atoms with Crippen LogP contribution in [0.5, 0.6) is 0 Å². The maximum atomic E-state index is 12.5. The number of carbonyl (C=O) groups excluding carboxylic acids is 1. The molecule has 1 aliphatic heterocycles. The third-order valence-electron chi connectivity index (χ3n) is 4.36. The number of hydrogen-bond acceptors (Lipinski definition) is 3. The lowest BCUT2D eigenvalue weighted by Crippen LogP contribution is -2.48. The van der Waals surface area contributed by atoms with E-state index >= 15 is 0 Å². The summed E-state index contributed by atoms with van der Waals surface area (Å²) in [5, 5.41) is 5.16. The maximum absolute atomic E-state index is 12.5. The van der Waals surface area contributed by atoms with Crippen LogP contribution in [0.2, 0.25) is 0 Å². The summed E-state index contributed by atoms with van der Waals surface area (Å²) in [7, 11) is 0.